The number of nitrogens with zero attached hydrogens (tertiary/aromatic N) is 3. The molecule has 2 heterocycles. The van der Waals surface area contributed by atoms with Crippen molar-refractivity contribution in [2.75, 3.05) is 6.54 Å². The number of carbonyl (C=O) groups excluding carboxylic acids is 3. The van der Waals surface area contributed by atoms with Crippen LogP contribution in [-0.2, 0) is 16.1 Å². The van der Waals surface area contributed by atoms with Crippen LogP contribution in [0.1, 0.15) is 36.5 Å². The molecule has 136 valence electrons. The lowest BCUT2D eigenvalue weighted by Gasteiger charge is -2.16. The number of halogens is 1. The van der Waals surface area contributed by atoms with Gasteiger partial charge in [-0.3, -0.25) is 19.4 Å². The van der Waals surface area contributed by atoms with Gasteiger partial charge in [0.2, 0.25) is 0 Å². The van der Waals surface area contributed by atoms with Gasteiger partial charge in [0.15, 0.2) is 0 Å². The molecule has 1 aliphatic rings. The predicted molar refractivity (Wildman–Crippen MR) is 98.8 cm³/mol. The molecule has 1 saturated heterocycles. The second-order valence-corrected chi connectivity index (χ2v) is 6.86. The van der Waals surface area contributed by atoms with Crippen molar-refractivity contribution >= 4 is 40.3 Å². The molecule has 2 aromatic rings. The fraction of sp³-hybridized carbons (Fsp3) is 0.368. The second-order valence-electron chi connectivity index (χ2n) is 6.50. The Hall–Kier alpha value is -2.47. The molecule has 4 amide bonds. The van der Waals surface area contributed by atoms with Gasteiger partial charge >= 0.3 is 17.8 Å². The molecule has 3 rings (SSSR count). The van der Waals surface area contributed by atoms with Gasteiger partial charge in [-0.2, -0.15) is 0 Å². The van der Waals surface area contributed by atoms with Gasteiger partial charge in [-0.15, -0.1) is 0 Å². The van der Waals surface area contributed by atoms with Crippen LogP contribution in [0.4, 0.5) is 4.79 Å². The van der Waals surface area contributed by atoms with Crippen LogP contribution >= 0.6 is 11.6 Å². The topological polar surface area (TPSA) is 70.6 Å². The fourth-order valence-electron chi connectivity index (χ4n) is 2.99. The summed E-state index contributed by atoms with van der Waals surface area (Å²) in [5.41, 5.74) is 3.47. The molecular weight excluding hydrogens is 354 g/mol. The molecule has 26 heavy (non-hydrogen) atoms. The average Bonchev–Trinajstić information content (AvgIpc) is 2.81. The zero-order valence-corrected chi connectivity index (χ0v) is 15.8. The third kappa shape index (κ3) is 3.05. The Balaban J connectivity index is 1.92. The zero-order valence-electron chi connectivity index (χ0n) is 15.0. The van der Waals surface area contributed by atoms with Crippen LogP contribution in [0.15, 0.2) is 18.2 Å². The number of rotatable bonds is 5. The highest BCUT2D eigenvalue weighted by atomic mass is 35.5. The van der Waals surface area contributed by atoms with Crippen LogP contribution in [0.5, 0.6) is 0 Å². The van der Waals surface area contributed by atoms with E-state index < -0.39 is 17.8 Å². The molecule has 0 spiro atoms. The van der Waals surface area contributed by atoms with Crippen molar-refractivity contribution in [3.63, 3.8) is 0 Å². The van der Waals surface area contributed by atoms with E-state index in [1.54, 1.807) is 0 Å². The Labute approximate surface area is 156 Å². The quantitative estimate of drug-likeness (QED) is 0.456. The van der Waals surface area contributed by atoms with Crippen molar-refractivity contribution in [3.05, 3.63) is 40.0 Å². The maximum Gasteiger partial charge on any atom is 0.334 e. The Morgan fingerprint density at radius 1 is 1.08 bits per heavy atom. The van der Waals surface area contributed by atoms with Crippen LogP contribution in [0, 0.1) is 13.8 Å². The van der Waals surface area contributed by atoms with Crippen molar-refractivity contribution in [3.8, 4) is 0 Å². The maximum absolute atomic E-state index is 12.5. The average molecular weight is 374 g/mol. The number of aryl methyl sites for hydroxylation is 2. The predicted octanol–water partition coefficient (Wildman–Crippen LogP) is 3.60. The van der Waals surface area contributed by atoms with Gasteiger partial charge in [-0.25, -0.2) is 9.78 Å². The summed E-state index contributed by atoms with van der Waals surface area (Å²) in [6.45, 7) is 6.10. The van der Waals surface area contributed by atoms with E-state index in [9.17, 15) is 14.4 Å². The summed E-state index contributed by atoms with van der Waals surface area (Å²) in [5.74, 6) is -1.60. The standard InChI is InChI=1S/C19H20ClN3O3/c1-4-5-8-22-17(24)18(25)23(19(22)26)10-14-9-13-7-6-11(2)12(3)15(13)21-16(14)20/h6-7,9H,4-5,8,10H2,1-3H3. The SMILES string of the molecule is CCCCN1C(=O)C(=O)N(Cc2cc3ccc(C)c(C)c3nc2Cl)C1=O. The summed E-state index contributed by atoms with van der Waals surface area (Å²) in [7, 11) is 0. The van der Waals surface area contributed by atoms with Crippen molar-refractivity contribution in [1.29, 1.82) is 0 Å². The van der Waals surface area contributed by atoms with Crippen LogP contribution in [0.2, 0.25) is 5.15 Å². The number of carbonyl (C=O) groups is 3. The molecule has 6 nitrogen and oxygen atoms in total. The first-order valence-corrected chi connectivity index (χ1v) is 8.95. The van der Waals surface area contributed by atoms with E-state index in [0.717, 1.165) is 38.3 Å². The molecule has 7 heteroatoms. The number of hydrogen-bond acceptors (Lipinski definition) is 4. The summed E-state index contributed by atoms with van der Waals surface area (Å²) in [4.78, 5) is 43.1. The number of imide groups is 2. The minimum absolute atomic E-state index is 0.0687. The number of hydrogen-bond donors (Lipinski definition) is 0. The molecule has 0 N–H and O–H groups in total. The molecule has 0 radical (unpaired) electrons. The van der Waals surface area contributed by atoms with Crippen molar-refractivity contribution in [2.45, 2.75) is 40.2 Å². The lowest BCUT2D eigenvalue weighted by atomic mass is 10.0. The number of aromatic nitrogens is 1. The molecule has 0 unspecified atom stereocenters. The largest absolute Gasteiger partial charge is 0.334 e. The molecule has 0 atom stereocenters. The minimum atomic E-state index is -0.817. The Morgan fingerprint density at radius 3 is 2.46 bits per heavy atom. The smallest absolute Gasteiger partial charge is 0.263 e. The van der Waals surface area contributed by atoms with Crippen LogP contribution < -0.4 is 0 Å². The lowest BCUT2D eigenvalue weighted by Crippen LogP contribution is -2.33. The molecule has 1 aliphatic heterocycles. The summed E-state index contributed by atoms with van der Waals surface area (Å²) in [5, 5.41) is 1.10. The normalized spacial score (nSPS) is 14.8. The minimum Gasteiger partial charge on any atom is -0.263 e. The number of fused-ring (bicyclic) bond motifs is 1. The van der Waals surface area contributed by atoms with E-state index in [1.807, 2.05) is 39.0 Å². The first kappa shape index (κ1) is 18.3. The van der Waals surface area contributed by atoms with Crippen molar-refractivity contribution in [1.82, 2.24) is 14.8 Å². The molecular formula is C19H20ClN3O3. The lowest BCUT2D eigenvalue weighted by molar-refractivity contribution is -0.143. The van der Waals surface area contributed by atoms with Gasteiger partial charge in [-0.05, 0) is 37.5 Å². The van der Waals surface area contributed by atoms with Gasteiger partial charge in [0, 0.05) is 17.5 Å². The first-order valence-electron chi connectivity index (χ1n) is 8.57. The van der Waals surface area contributed by atoms with Gasteiger partial charge in [0.1, 0.15) is 5.15 Å². The number of urea groups is 1. The molecule has 0 bridgehead atoms. The van der Waals surface area contributed by atoms with E-state index in [1.165, 1.54) is 0 Å². The third-order valence-electron chi connectivity index (χ3n) is 4.74. The van der Waals surface area contributed by atoms with Gasteiger partial charge in [0.05, 0.1) is 12.1 Å². The third-order valence-corrected chi connectivity index (χ3v) is 5.06. The van der Waals surface area contributed by atoms with E-state index in [4.69, 9.17) is 11.6 Å². The van der Waals surface area contributed by atoms with Crippen LogP contribution in [0.3, 0.4) is 0 Å². The summed E-state index contributed by atoms with van der Waals surface area (Å²) in [6, 6.07) is 5.14. The first-order chi connectivity index (χ1) is 12.3. The van der Waals surface area contributed by atoms with Crippen LogP contribution in [-0.4, -0.2) is 39.2 Å². The van der Waals surface area contributed by atoms with Gasteiger partial charge in [-0.1, -0.05) is 37.1 Å². The number of benzene rings is 1. The van der Waals surface area contributed by atoms with Gasteiger partial charge in [0.25, 0.3) is 0 Å². The number of unbranched alkanes of at least 4 members (excludes halogenated alkanes) is 1. The summed E-state index contributed by atoms with van der Waals surface area (Å²) in [6.07, 6.45) is 1.49. The molecule has 1 fully saturated rings. The van der Waals surface area contributed by atoms with E-state index >= 15 is 0 Å². The monoisotopic (exact) mass is 373 g/mol. The molecule has 1 aromatic carbocycles. The second kappa shape index (κ2) is 7.03. The highest BCUT2D eigenvalue weighted by molar-refractivity contribution is 6.44. The number of amides is 4. The van der Waals surface area contributed by atoms with E-state index in [0.29, 0.717) is 12.0 Å². The Kier molecular flexibility index (Phi) is 4.96. The fourth-order valence-corrected chi connectivity index (χ4v) is 3.19. The zero-order chi connectivity index (χ0) is 19.0. The molecule has 0 aliphatic carbocycles. The highest BCUT2D eigenvalue weighted by Gasteiger charge is 2.44. The Bertz CT molecular complexity index is 926. The maximum atomic E-state index is 12.5. The summed E-state index contributed by atoms with van der Waals surface area (Å²) < 4.78 is 0. The van der Waals surface area contributed by atoms with Crippen molar-refractivity contribution < 1.29 is 14.4 Å². The number of pyridine rings is 1. The molecule has 1 aromatic heterocycles. The summed E-state index contributed by atoms with van der Waals surface area (Å²) >= 11 is 6.30. The Morgan fingerprint density at radius 2 is 1.77 bits per heavy atom. The molecule has 0 saturated carbocycles. The highest BCUT2D eigenvalue weighted by Crippen LogP contribution is 2.27. The van der Waals surface area contributed by atoms with Crippen molar-refractivity contribution in [2.24, 2.45) is 0 Å². The van der Waals surface area contributed by atoms with Crippen LogP contribution in [0.25, 0.3) is 10.9 Å². The van der Waals surface area contributed by atoms with E-state index in [-0.39, 0.29) is 18.2 Å². The van der Waals surface area contributed by atoms with E-state index in [2.05, 4.69) is 4.98 Å². The van der Waals surface area contributed by atoms with Gasteiger partial charge < -0.3 is 0 Å².